The molecule has 0 spiro atoms. The quantitative estimate of drug-likeness (QED) is 0.854. The second kappa shape index (κ2) is 3.94. The van der Waals surface area contributed by atoms with E-state index in [-0.39, 0.29) is 0 Å². The van der Waals surface area contributed by atoms with E-state index in [0.29, 0.717) is 17.1 Å². The van der Waals surface area contributed by atoms with Crippen molar-refractivity contribution in [1.82, 2.24) is 4.98 Å². The number of rotatable bonds is 2. The second-order valence-electron chi connectivity index (χ2n) is 3.08. The smallest absolute Gasteiger partial charge is 0.180 e. The van der Waals surface area contributed by atoms with Crippen LogP contribution in [-0.4, -0.2) is 4.98 Å². The third-order valence-corrected chi connectivity index (χ3v) is 2.77. The summed E-state index contributed by atoms with van der Waals surface area (Å²) in [5, 5.41) is 0.432. The lowest BCUT2D eigenvalue weighted by Crippen LogP contribution is -1.91. The van der Waals surface area contributed by atoms with Gasteiger partial charge in [0.1, 0.15) is 11.6 Å². The molecule has 0 saturated heterocycles. The fourth-order valence-corrected chi connectivity index (χ4v) is 1.98. The fraction of sp³-hybridized carbons (Fsp3) is 0.100. The molecule has 78 valence electrons. The lowest BCUT2D eigenvalue weighted by Gasteiger charge is -2.00. The van der Waals surface area contributed by atoms with E-state index in [0.717, 1.165) is 17.0 Å². The number of hydrogen-bond acceptors (Lipinski definition) is 3. The number of nitrogens with two attached hydrogens (primary N) is 1. The van der Waals surface area contributed by atoms with Crippen molar-refractivity contribution in [2.45, 2.75) is 6.42 Å². The van der Waals surface area contributed by atoms with Crippen LogP contribution in [0.3, 0.4) is 0 Å². The number of nitrogens with zero attached hydrogens (tertiary/aromatic N) is 1. The van der Waals surface area contributed by atoms with Crippen molar-refractivity contribution < 1.29 is 8.78 Å². The highest BCUT2D eigenvalue weighted by Gasteiger charge is 2.06. The standard InChI is InChI=1S/C10H8F2N2S/c11-7-1-2-9(12)6(3-7)4-8-5-14-10(13)15-8/h1-3,5H,4H2,(H2,13,14). The van der Waals surface area contributed by atoms with Gasteiger partial charge in [-0.05, 0) is 23.8 Å². The first kappa shape index (κ1) is 10.0. The molecule has 0 saturated carbocycles. The van der Waals surface area contributed by atoms with Crippen LogP contribution in [0.4, 0.5) is 13.9 Å². The van der Waals surface area contributed by atoms with Gasteiger partial charge < -0.3 is 5.73 Å². The van der Waals surface area contributed by atoms with Crippen LogP contribution in [0.15, 0.2) is 24.4 Å². The van der Waals surface area contributed by atoms with Crippen LogP contribution in [0.2, 0.25) is 0 Å². The van der Waals surface area contributed by atoms with Gasteiger partial charge in [0.25, 0.3) is 0 Å². The summed E-state index contributed by atoms with van der Waals surface area (Å²) in [4.78, 5) is 4.66. The van der Waals surface area contributed by atoms with Gasteiger partial charge in [-0.2, -0.15) is 0 Å². The molecule has 5 heteroatoms. The molecule has 1 heterocycles. The molecule has 0 radical (unpaired) electrons. The number of hydrogen-bond donors (Lipinski definition) is 1. The van der Waals surface area contributed by atoms with Gasteiger partial charge >= 0.3 is 0 Å². The van der Waals surface area contributed by atoms with E-state index >= 15 is 0 Å². The van der Waals surface area contributed by atoms with Crippen LogP contribution in [0, 0.1) is 11.6 Å². The predicted octanol–water partition coefficient (Wildman–Crippen LogP) is 2.59. The van der Waals surface area contributed by atoms with E-state index in [2.05, 4.69) is 4.98 Å². The first-order chi connectivity index (χ1) is 7.15. The van der Waals surface area contributed by atoms with Crippen LogP contribution >= 0.6 is 11.3 Å². The molecule has 0 unspecified atom stereocenters. The molecule has 0 atom stereocenters. The van der Waals surface area contributed by atoms with Crippen molar-refractivity contribution in [2.75, 3.05) is 5.73 Å². The molecule has 0 aliphatic heterocycles. The van der Waals surface area contributed by atoms with E-state index in [9.17, 15) is 8.78 Å². The fourth-order valence-electron chi connectivity index (χ4n) is 1.27. The highest BCUT2D eigenvalue weighted by Crippen LogP contribution is 2.20. The van der Waals surface area contributed by atoms with Gasteiger partial charge in [0.15, 0.2) is 5.13 Å². The van der Waals surface area contributed by atoms with Gasteiger partial charge in [-0.1, -0.05) is 0 Å². The highest BCUT2D eigenvalue weighted by atomic mass is 32.1. The number of benzene rings is 1. The molecule has 0 aliphatic carbocycles. The zero-order chi connectivity index (χ0) is 10.8. The van der Waals surface area contributed by atoms with Gasteiger partial charge in [0, 0.05) is 17.5 Å². The van der Waals surface area contributed by atoms with Gasteiger partial charge in [-0.15, -0.1) is 11.3 Å². The topological polar surface area (TPSA) is 38.9 Å². The molecule has 2 aromatic rings. The Bertz CT molecular complexity index is 482. The average Bonchev–Trinajstić information content (AvgIpc) is 2.58. The minimum atomic E-state index is -0.441. The SMILES string of the molecule is Nc1ncc(Cc2cc(F)ccc2F)s1. The van der Waals surface area contributed by atoms with Crippen molar-refractivity contribution in [3.8, 4) is 0 Å². The Labute approximate surface area is 89.4 Å². The predicted molar refractivity (Wildman–Crippen MR) is 55.7 cm³/mol. The molecule has 0 aliphatic rings. The summed E-state index contributed by atoms with van der Waals surface area (Å²) in [6.45, 7) is 0. The van der Waals surface area contributed by atoms with E-state index in [1.165, 1.54) is 17.4 Å². The summed E-state index contributed by atoms with van der Waals surface area (Å²) in [6, 6.07) is 3.40. The van der Waals surface area contributed by atoms with Crippen LogP contribution in [0.5, 0.6) is 0 Å². The summed E-state index contributed by atoms with van der Waals surface area (Å²) in [7, 11) is 0. The molecule has 2 rings (SSSR count). The summed E-state index contributed by atoms with van der Waals surface area (Å²) < 4.78 is 26.1. The zero-order valence-electron chi connectivity index (χ0n) is 7.71. The largest absolute Gasteiger partial charge is 0.375 e. The molecule has 0 amide bonds. The van der Waals surface area contributed by atoms with E-state index < -0.39 is 11.6 Å². The summed E-state index contributed by atoms with van der Waals surface area (Å²) in [5.74, 6) is -0.854. The Balaban J connectivity index is 2.27. The van der Waals surface area contributed by atoms with Gasteiger partial charge in [-0.25, -0.2) is 13.8 Å². The first-order valence-corrected chi connectivity index (χ1v) is 5.11. The molecule has 15 heavy (non-hydrogen) atoms. The summed E-state index contributed by atoms with van der Waals surface area (Å²) >= 11 is 1.27. The Morgan fingerprint density at radius 3 is 2.80 bits per heavy atom. The number of thiazole rings is 1. The Kier molecular flexibility index (Phi) is 2.64. The van der Waals surface area contributed by atoms with Gasteiger partial charge in [-0.3, -0.25) is 0 Å². The first-order valence-electron chi connectivity index (χ1n) is 4.29. The van der Waals surface area contributed by atoms with E-state index in [1.54, 1.807) is 6.20 Å². The molecule has 1 aromatic carbocycles. The van der Waals surface area contributed by atoms with Crippen molar-refractivity contribution in [1.29, 1.82) is 0 Å². The Morgan fingerprint density at radius 2 is 2.13 bits per heavy atom. The summed E-state index contributed by atoms with van der Waals surface area (Å²) in [6.07, 6.45) is 1.89. The van der Waals surface area contributed by atoms with Crippen LogP contribution in [-0.2, 0) is 6.42 Å². The minimum absolute atomic E-state index is 0.318. The highest BCUT2D eigenvalue weighted by molar-refractivity contribution is 7.15. The Hall–Kier alpha value is -1.49. The van der Waals surface area contributed by atoms with Crippen LogP contribution in [0.1, 0.15) is 10.4 Å². The third-order valence-electron chi connectivity index (χ3n) is 1.94. The van der Waals surface area contributed by atoms with Crippen molar-refractivity contribution in [3.05, 3.63) is 46.5 Å². The van der Waals surface area contributed by atoms with E-state index in [4.69, 9.17) is 5.73 Å². The van der Waals surface area contributed by atoms with Crippen molar-refractivity contribution in [3.63, 3.8) is 0 Å². The number of aromatic nitrogens is 1. The molecular formula is C10H8F2N2S. The maximum absolute atomic E-state index is 13.2. The molecular weight excluding hydrogens is 218 g/mol. The van der Waals surface area contributed by atoms with E-state index in [1.807, 2.05) is 0 Å². The molecule has 1 aromatic heterocycles. The van der Waals surface area contributed by atoms with Gasteiger partial charge in [0.2, 0.25) is 0 Å². The maximum Gasteiger partial charge on any atom is 0.180 e. The zero-order valence-corrected chi connectivity index (χ0v) is 8.52. The van der Waals surface area contributed by atoms with Crippen LogP contribution in [0.25, 0.3) is 0 Å². The lowest BCUT2D eigenvalue weighted by atomic mass is 10.1. The minimum Gasteiger partial charge on any atom is -0.375 e. The third kappa shape index (κ3) is 2.30. The molecule has 2 N–H and O–H groups in total. The number of anilines is 1. The monoisotopic (exact) mass is 226 g/mol. The Morgan fingerprint density at radius 1 is 1.33 bits per heavy atom. The van der Waals surface area contributed by atoms with Gasteiger partial charge in [0.05, 0.1) is 0 Å². The van der Waals surface area contributed by atoms with Crippen LogP contribution < -0.4 is 5.73 Å². The molecule has 0 fully saturated rings. The number of nitrogen functional groups attached to an aromatic ring is 1. The summed E-state index contributed by atoms with van der Waals surface area (Å²) in [5.41, 5.74) is 5.76. The molecule has 0 bridgehead atoms. The number of halogens is 2. The molecule has 2 nitrogen and oxygen atoms in total. The lowest BCUT2D eigenvalue weighted by molar-refractivity contribution is 0.589. The average molecular weight is 226 g/mol. The maximum atomic E-state index is 13.2. The van der Waals surface area contributed by atoms with Crippen molar-refractivity contribution in [2.24, 2.45) is 0 Å². The second-order valence-corrected chi connectivity index (χ2v) is 4.22. The van der Waals surface area contributed by atoms with Crippen molar-refractivity contribution >= 4 is 16.5 Å². The normalized spacial score (nSPS) is 10.5.